The van der Waals surface area contributed by atoms with Gasteiger partial charge in [-0.15, -0.1) is 0 Å². The minimum atomic E-state index is -0.175. The van der Waals surface area contributed by atoms with Gasteiger partial charge in [0, 0.05) is 13.3 Å². The second kappa shape index (κ2) is 10.1. The molecule has 2 nitrogen and oxygen atoms in total. The Labute approximate surface area is 197 Å². The largest absolute Gasteiger partial charge is 0.462 e. The number of carbonyl (C=O) groups excluding carboxylic acids is 1. The number of carbonyl (C=O) groups is 1. The lowest BCUT2D eigenvalue weighted by Crippen LogP contribution is -2.35. The summed E-state index contributed by atoms with van der Waals surface area (Å²) in [5.41, 5.74) is 6.39. The molecule has 0 amide bonds. The third kappa shape index (κ3) is 5.00. The monoisotopic (exact) mass is 438 g/mol. The molecule has 0 aliphatic heterocycles. The smallest absolute Gasteiger partial charge is 0.302 e. The second-order valence-electron chi connectivity index (χ2n) is 11.4. The van der Waals surface area contributed by atoms with Gasteiger partial charge in [-0.05, 0) is 96.3 Å². The van der Waals surface area contributed by atoms with Gasteiger partial charge in [-0.3, -0.25) is 4.79 Å². The maximum atomic E-state index is 11.5. The number of allylic oxidation sites excluding steroid dienone is 2. The van der Waals surface area contributed by atoms with E-state index in [1.54, 1.807) is 11.1 Å². The van der Waals surface area contributed by atoms with Gasteiger partial charge in [0.05, 0.1) is 0 Å². The van der Waals surface area contributed by atoms with E-state index >= 15 is 0 Å². The van der Waals surface area contributed by atoms with Gasteiger partial charge in [-0.25, -0.2) is 0 Å². The highest BCUT2D eigenvalue weighted by atomic mass is 16.5. The Morgan fingerprint density at radius 1 is 1.19 bits per heavy atom. The van der Waals surface area contributed by atoms with E-state index in [-0.39, 0.29) is 12.1 Å². The Hall–Kier alpha value is -1.57. The lowest BCUT2D eigenvalue weighted by molar-refractivity contribution is -0.146. The third-order valence-electron chi connectivity index (χ3n) is 9.09. The molecular weight excluding hydrogens is 392 g/mol. The fourth-order valence-corrected chi connectivity index (χ4v) is 6.55. The number of hydrogen-bond acceptors (Lipinski definition) is 2. The van der Waals surface area contributed by atoms with Crippen LogP contribution < -0.4 is 0 Å². The lowest BCUT2D eigenvalue weighted by Gasteiger charge is -2.44. The first-order chi connectivity index (χ1) is 15.1. The van der Waals surface area contributed by atoms with Crippen molar-refractivity contribution in [2.75, 3.05) is 0 Å². The zero-order chi connectivity index (χ0) is 23.6. The molecule has 0 radical (unpaired) electrons. The summed E-state index contributed by atoms with van der Waals surface area (Å²) in [5, 5.41) is 0. The lowest BCUT2D eigenvalue weighted by atomic mass is 9.60. The van der Waals surface area contributed by atoms with Gasteiger partial charge < -0.3 is 4.74 Å². The van der Waals surface area contributed by atoms with Gasteiger partial charge in [-0.2, -0.15) is 0 Å². The van der Waals surface area contributed by atoms with Gasteiger partial charge in [0.2, 0.25) is 0 Å². The van der Waals surface area contributed by atoms with E-state index in [0.29, 0.717) is 29.1 Å². The van der Waals surface area contributed by atoms with Crippen molar-refractivity contribution >= 4 is 5.97 Å². The first-order valence-corrected chi connectivity index (χ1v) is 13.0. The maximum Gasteiger partial charge on any atom is 0.302 e. The van der Waals surface area contributed by atoms with Crippen LogP contribution in [0, 0.1) is 36.0 Å². The normalized spacial score (nSPS) is 27.8. The molecule has 1 saturated carbocycles. The van der Waals surface area contributed by atoms with Gasteiger partial charge in [0.15, 0.2) is 0 Å². The highest BCUT2D eigenvalue weighted by Gasteiger charge is 2.50. The molecule has 0 N–H and O–H groups in total. The molecule has 0 bridgehead atoms. The highest BCUT2D eigenvalue weighted by Crippen LogP contribution is 2.61. The number of esters is 1. The van der Waals surface area contributed by atoms with Crippen molar-refractivity contribution in [3.8, 4) is 0 Å². The number of ether oxygens (including phenoxy) is 1. The minimum absolute atomic E-state index is 0.0187. The van der Waals surface area contributed by atoms with Gasteiger partial charge >= 0.3 is 5.97 Å². The highest BCUT2D eigenvalue weighted by molar-refractivity contribution is 5.66. The molecule has 0 aromatic heterocycles. The SMILES string of the molecule is CCC(Cc1ccc2c(c1C)CC[C@]1(C)[C@@H]([C@H](C)/C=C/C(C)C(C)C)CC[C@@H]21)OC(C)=O. The zero-order valence-electron chi connectivity index (χ0n) is 21.8. The molecular formula is C30H46O2. The van der Waals surface area contributed by atoms with Crippen LogP contribution in [-0.2, 0) is 22.4 Å². The Balaban J connectivity index is 1.81. The van der Waals surface area contributed by atoms with E-state index < -0.39 is 0 Å². The van der Waals surface area contributed by atoms with Crippen molar-refractivity contribution in [1.29, 1.82) is 0 Å². The van der Waals surface area contributed by atoms with E-state index in [1.165, 1.54) is 43.7 Å². The number of benzene rings is 1. The molecule has 2 unspecified atom stereocenters. The van der Waals surface area contributed by atoms with Crippen molar-refractivity contribution in [1.82, 2.24) is 0 Å². The summed E-state index contributed by atoms with van der Waals surface area (Å²) in [7, 11) is 0. The van der Waals surface area contributed by atoms with Crippen LogP contribution in [0.3, 0.4) is 0 Å². The quantitative estimate of drug-likeness (QED) is 0.305. The van der Waals surface area contributed by atoms with E-state index in [9.17, 15) is 4.79 Å². The van der Waals surface area contributed by atoms with Crippen molar-refractivity contribution in [3.05, 3.63) is 46.5 Å². The molecule has 1 aromatic rings. The molecule has 1 aromatic carbocycles. The summed E-state index contributed by atoms with van der Waals surface area (Å²) in [6.45, 7) is 17.9. The van der Waals surface area contributed by atoms with Crippen molar-refractivity contribution in [2.24, 2.45) is 29.1 Å². The summed E-state index contributed by atoms with van der Waals surface area (Å²) < 4.78 is 5.54. The standard InChI is InChI=1S/C30H46O2/c1-9-25(32-23(7)31)18-24-12-13-27-26(22(24)6)16-17-30(8)28(14-15-29(27)30)21(5)11-10-20(4)19(2)3/h10-13,19-21,25,28-29H,9,14-18H2,1-8H3/b11-10+/t20?,21-,25?,28-,29+,30-/m1/s1. The fraction of sp³-hybridized carbons (Fsp3) is 0.700. The molecule has 2 aliphatic carbocycles. The van der Waals surface area contributed by atoms with Crippen molar-refractivity contribution in [2.45, 2.75) is 106 Å². The fourth-order valence-electron chi connectivity index (χ4n) is 6.55. The summed E-state index contributed by atoms with van der Waals surface area (Å²) in [6, 6.07) is 4.75. The minimum Gasteiger partial charge on any atom is -0.462 e. The van der Waals surface area contributed by atoms with Crippen molar-refractivity contribution < 1.29 is 9.53 Å². The first kappa shape index (κ1) is 25.1. The third-order valence-corrected chi connectivity index (χ3v) is 9.09. The zero-order valence-corrected chi connectivity index (χ0v) is 21.8. The average molecular weight is 439 g/mol. The number of rotatable bonds is 8. The van der Waals surface area contributed by atoms with Gasteiger partial charge in [0.25, 0.3) is 0 Å². The van der Waals surface area contributed by atoms with Crippen LogP contribution >= 0.6 is 0 Å². The summed E-state index contributed by atoms with van der Waals surface area (Å²) in [6.07, 6.45) is 11.8. The number of fused-ring (bicyclic) bond motifs is 3. The Kier molecular flexibility index (Phi) is 7.94. The van der Waals surface area contributed by atoms with Crippen LogP contribution in [0.1, 0.15) is 102 Å². The molecule has 178 valence electrons. The summed E-state index contributed by atoms with van der Waals surface area (Å²) in [5.74, 6) is 3.27. The van der Waals surface area contributed by atoms with E-state index in [0.717, 1.165) is 18.8 Å². The average Bonchev–Trinajstić information content (AvgIpc) is 3.10. The molecule has 6 atom stereocenters. The van der Waals surface area contributed by atoms with Gasteiger partial charge in [-0.1, -0.05) is 65.8 Å². The predicted octanol–water partition coefficient (Wildman–Crippen LogP) is 7.81. The Morgan fingerprint density at radius 3 is 2.53 bits per heavy atom. The van der Waals surface area contributed by atoms with E-state index in [2.05, 4.69) is 72.8 Å². The van der Waals surface area contributed by atoms with Crippen LogP contribution in [0.2, 0.25) is 0 Å². The Morgan fingerprint density at radius 2 is 1.91 bits per heavy atom. The maximum absolute atomic E-state index is 11.5. The predicted molar refractivity (Wildman–Crippen MR) is 135 cm³/mol. The molecule has 2 heteroatoms. The molecule has 3 rings (SSSR count). The molecule has 1 fully saturated rings. The van der Waals surface area contributed by atoms with Crippen LogP contribution in [0.5, 0.6) is 0 Å². The second-order valence-corrected chi connectivity index (χ2v) is 11.4. The molecule has 2 aliphatic rings. The topological polar surface area (TPSA) is 26.3 Å². The number of hydrogen-bond donors (Lipinski definition) is 0. The van der Waals surface area contributed by atoms with Crippen molar-refractivity contribution in [3.63, 3.8) is 0 Å². The molecule has 32 heavy (non-hydrogen) atoms. The van der Waals surface area contributed by atoms with Crippen LogP contribution in [0.15, 0.2) is 24.3 Å². The van der Waals surface area contributed by atoms with Crippen LogP contribution in [0.25, 0.3) is 0 Å². The van der Waals surface area contributed by atoms with E-state index in [4.69, 9.17) is 4.74 Å². The first-order valence-electron chi connectivity index (χ1n) is 13.0. The molecule has 0 saturated heterocycles. The molecule has 0 spiro atoms. The summed E-state index contributed by atoms with van der Waals surface area (Å²) >= 11 is 0. The molecule has 0 heterocycles. The van der Waals surface area contributed by atoms with Crippen LogP contribution in [-0.4, -0.2) is 12.1 Å². The van der Waals surface area contributed by atoms with E-state index in [1.807, 2.05) is 0 Å². The Bertz CT molecular complexity index is 835. The van der Waals surface area contributed by atoms with Crippen LogP contribution in [0.4, 0.5) is 0 Å². The summed E-state index contributed by atoms with van der Waals surface area (Å²) in [4.78, 5) is 11.5. The van der Waals surface area contributed by atoms with Gasteiger partial charge in [0.1, 0.15) is 6.10 Å².